The van der Waals surface area contributed by atoms with Crippen molar-refractivity contribution in [3.8, 4) is 0 Å². The van der Waals surface area contributed by atoms with Gasteiger partial charge < -0.3 is 19.4 Å². The molecular weight excluding hydrogens is 339 g/mol. The lowest BCUT2D eigenvalue weighted by Gasteiger charge is -2.29. The van der Waals surface area contributed by atoms with Gasteiger partial charge in [0.1, 0.15) is 11.5 Å². The number of aliphatic hydroxyl groups is 1. The molecule has 6 nitrogen and oxygen atoms in total. The van der Waals surface area contributed by atoms with Gasteiger partial charge in [-0.05, 0) is 26.8 Å². The molecule has 138 valence electrons. The summed E-state index contributed by atoms with van der Waals surface area (Å²) >= 11 is 0. The Morgan fingerprint density at radius 3 is 2.52 bits per heavy atom. The van der Waals surface area contributed by atoms with Crippen LogP contribution in [0.4, 0.5) is 13.2 Å². The molecule has 0 aliphatic rings. The summed E-state index contributed by atoms with van der Waals surface area (Å²) in [6.07, 6.45) is -3.86. The lowest BCUT2D eigenvalue weighted by atomic mass is 9.96. The molecule has 9 heteroatoms. The van der Waals surface area contributed by atoms with E-state index in [-0.39, 0.29) is 0 Å². The Hall–Kier alpha value is -2.29. The molecule has 0 aromatic carbocycles. The monoisotopic (exact) mass is 359 g/mol. The Morgan fingerprint density at radius 2 is 2.08 bits per heavy atom. The fourth-order valence-corrected chi connectivity index (χ4v) is 2.75. The number of carbonyl (C=O) groups is 1. The third-order valence-corrected chi connectivity index (χ3v) is 4.00. The van der Waals surface area contributed by atoms with Crippen molar-refractivity contribution in [1.29, 1.82) is 0 Å². The quantitative estimate of drug-likeness (QED) is 0.860. The number of hydrogen-bond donors (Lipinski definition) is 2. The summed E-state index contributed by atoms with van der Waals surface area (Å²) in [6.45, 7) is 5.06. The van der Waals surface area contributed by atoms with Crippen LogP contribution in [0, 0.1) is 13.8 Å². The average Bonchev–Trinajstić information content (AvgIpc) is 3.02. The molecule has 0 saturated heterocycles. The van der Waals surface area contributed by atoms with E-state index in [1.54, 1.807) is 26.8 Å². The summed E-state index contributed by atoms with van der Waals surface area (Å²) < 4.78 is 46.7. The summed E-state index contributed by atoms with van der Waals surface area (Å²) in [6, 6.07) is 1.14. The van der Waals surface area contributed by atoms with E-state index in [0.717, 1.165) is 10.8 Å². The molecule has 0 aliphatic carbocycles. The van der Waals surface area contributed by atoms with Gasteiger partial charge in [0.2, 0.25) is 11.5 Å². The molecule has 25 heavy (non-hydrogen) atoms. The lowest BCUT2D eigenvalue weighted by molar-refractivity contribution is -0.271. The highest BCUT2D eigenvalue weighted by Gasteiger charge is 2.58. The standard InChI is InChI=1S/C16H20F3N3O3/c1-9-7-12(11(3)25-9)10(2)21-13(23)8-15(24,16(17,18)19)14-20-5-6-22(14)4/h5-7,10,24H,8H2,1-4H3,(H,21,23). The van der Waals surface area contributed by atoms with Gasteiger partial charge in [0.05, 0.1) is 12.5 Å². The zero-order chi connectivity index (χ0) is 19.0. The highest BCUT2D eigenvalue weighted by Crippen LogP contribution is 2.40. The Labute approximate surface area is 142 Å². The van der Waals surface area contributed by atoms with Crippen molar-refractivity contribution in [2.45, 2.75) is 45.0 Å². The van der Waals surface area contributed by atoms with E-state index >= 15 is 0 Å². The maximum atomic E-state index is 13.4. The molecule has 2 N–H and O–H groups in total. The molecule has 0 aliphatic heterocycles. The van der Waals surface area contributed by atoms with Gasteiger partial charge in [-0.25, -0.2) is 4.98 Å². The number of aromatic nitrogens is 2. The minimum Gasteiger partial charge on any atom is -0.466 e. The van der Waals surface area contributed by atoms with Gasteiger partial charge in [-0.2, -0.15) is 13.2 Å². The van der Waals surface area contributed by atoms with Crippen molar-refractivity contribution in [1.82, 2.24) is 14.9 Å². The number of nitrogens with zero attached hydrogens (tertiary/aromatic N) is 2. The van der Waals surface area contributed by atoms with E-state index in [1.807, 2.05) is 0 Å². The molecule has 2 unspecified atom stereocenters. The first-order chi connectivity index (χ1) is 11.5. The zero-order valence-electron chi connectivity index (χ0n) is 14.3. The van der Waals surface area contributed by atoms with Crippen molar-refractivity contribution < 1.29 is 27.5 Å². The molecule has 2 aromatic rings. The normalized spacial score (nSPS) is 15.7. The molecule has 0 saturated carbocycles. The molecule has 2 heterocycles. The van der Waals surface area contributed by atoms with Crippen LogP contribution in [-0.4, -0.2) is 26.7 Å². The summed E-state index contributed by atoms with van der Waals surface area (Å²) in [4.78, 5) is 15.7. The predicted octanol–water partition coefficient (Wildman–Crippen LogP) is 2.65. The van der Waals surface area contributed by atoms with Gasteiger partial charge in [0, 0.05) is 25.0 Å². The minimum atomic E-state index is -5.06. The van der Waals surface area contributed by atoms with Crippen LogP contribution in [-0.2, 0) is 17.4 Å². The van der Waals surface area contributed by atoms with Crippen LogP contribution < -0.4 is 5.32 Å². The van der Waals surface area contributed by atoms with Crippen LogP contribution >= 0.6 is 0 Å². The number of halogens is 3. The molecule has 1 amide bonds. The Balaban J connectivity index is 2.21. The number of amides is 1. The van der Waals surface area contributed by atoms with E-state index in [9.17, 15) is 23.1 Å². The highest BCUT2D eigenvalue weighted by atomic mass is 19.4. The van der Waals surface area contributed by atoms with E-state index < -0.39 is 36.0 Å². The zero-order valence-corrected chi connectivity index (χ0v) is 14.3. The van der Waals surface area contributed by atoms with Crippen molar-refractivity contribution >= 4 is 5.91 Å². The van der Waals surface area contributed by atoms with Gasteiger partial charge in [0.15, 0.2) is 5.82 Å². The first-order valence-electron chi connectivity index (χ1n) is 7.59. The lowest BCUT2D eigenvalue weighted by Crippen LogP contribution is -2.48. The largest absolute Gasteiger partial charge is 0.466 e. The number of alkyl halides is 3. The third kappa shape index (κ3) is 3.71. The Morgan fingerprint density at radius 1 is 1.44 bits per heavy atom. The fraction of sp³-hybridized carbons (Fsp3) is 0.500. The molecular formula is C16H20F3N3O3. The summed E-state index contributed by atoms with van der Waals surface area (Å²) in [5.74, 6) is -0.388. The highest BCUT2D eigenvalue weighted by molar-refractivity contribution is 5.77. The second-order valence-corrected chi connectivity index (χ2v) is 6.05. The molecule has 2 atom stereocenters. The number of aryl methyl sites for hydroxylation is 3. The van der Waals surface area contributed by atoms with Crippen LogP contribution in [0.15, 0.2) is 22.9 Å². The van der Waals surface area contributed by atoms with Crippen LogP contribution in [0.5, 0.6) is 0 Å². The molecule has 0 spiro atoms. The minimum absolute atomic E-state index is 0.566. The fourth-order valence-electron chi connectivity index (χ4n) is 2.75. The Kier molecular flexibility index (Phi) is 4.99. The Bertz CT molecular complexity index is 766. The van der Waals surface area contributed by atoms with Crippen molar-refractivity contribution in [3.05, 3.63) is 41.4 Å². The van der Waals surface area contributed by atoms with Crippen LogP contribution in [0.2, 0.25) is 0 Å². The van der Waals surface area contributed by atoms with Gasteiger partial charge in [-0.15, -0.1) is 0 Å². The molecule has 0 fully saturated rings. The maximum absolute atomic E-state index is 13.4. The topological polar surface area (TPSA) is 80.3 Å². The van der Waals surface area contributed by atoms with E-state index in [0.29, 0.717) is 17.1 Å². The number of rotatable bonds is 5. The number of nitrogens with one attached hydrogen (secondary N) is 1. The van der Waals surface area contributed by atoms with Crippen molar-refractivity contribution in [3.63, 3.8) is 0 Å². The van der Waals surface area contributed by atoms with Gasteiger partial charge >= 0.3 is 6.18 Å². The van der Waals surface area contributed by atoms with Crippen LogP contribution in [0.1, 0.15) is 42.3 Å². The summed E-state index contributed by atoms with van der Waals surface area (Å²) in [5.41, 5.74) is -2.71. The number of imidazole rings is 1. The van der Waals surface area contributed by atoms with Crippen molar-refractivity contribution in [2.75, 3.05) is 0 Å². The SMILES string of the molecule is Cc1cc(C(C)NC(=O)CC(O)(c2nccn2C)C(F)(F)F)c(C)o1. The molecule has 0 bridgehead atoms. The smallest absolute Gasteiger partial charge is 0.425 e. The second kappa shape index (κ2) is 6.55. The summed E-state index contributed by atoms with van der Waals surface area (Å²) in [5, 5.41) is 12.7. The van der Waals surface area contributed by atoms with Crippen LogP contribution in [0.25, 0.3) is 0 Å². The second-order valence-electron chi connectivity index (χ2n) is 6.05. The number of furan rings is 1. The van der Waals surface area contributed by atoms with Gasteiger partial charge in [-0.3, -0.25) is 4.79 Å². The predicted molar refractivity (Wildman–Crippen MR) is 82.5 cm³/mol. The molecule has 2 rings (SSSR count). The van der Waals surface area contributed by atoms with E-state index in [1.165, 1.54) is 13.2 Å². The summed E-state index contributed by atoms with van der Waals surface area (Å²) in [7, 11) is 1.32. The van der Waals surface area contributed by atoms with Crippen LogP contribution in [0.3, 0.4) is 0 Å². The number of hydrogen-bond acceptors (Lipinski definition) is 4. The van der Waals surface area contributed by atoms with Gasteiger partial charge in [-0.1, -0.05) is 0 Å². The first-order valence-corrected chi connectivity index (χ1v) is 7.59. The van der Waals surface area contributed by atoms with E-state index in [4.69, 9.17) is 4.42 Å². The van der Waals surface area contributed by atoms with Gasteiger partial charge in [0.25, 0.3) is 0 Å². The molecule has 0 radical (unpaired) electrons. The average molecular weight is 359 g/mol. The molecule has 2 aromatic heterocycles. The number of carbonyl (C=O) groups excluding carboxylic acids is 1. The third-order valence-electron chi connectivity index (χ3n) is 4.00. The van der Waals surface area contributed by atoms with E-state index in [2.05, 4.69) is 10.3 Å². The van der Waals surface area contributed by atoms with Crippen molar-refractivity contribution in [2.24, 2.45) is 7.05 Å². The first kappa shape index (κ1) is 19.0. The maximum Gasteiger partial charge on any atom is 0.425 e.